The Morgan fingerprint density at radius 1 is 1.20 bits per heavy atom. The fourth-order valence-electron chi connectivity index (χ4n) is 1.51. The Kier molecular flexibility index (Phi) is 4.09. The van der Waals surface area contributed by atoms with Crippen LogP contribution < -0.4 is 10.1 Å². The number of aromatic carboxylic acids is 1. The molecule has 0 fully saturated rings. The molecular formula is C13H10F2N2O3. The number of carboxylic acid groups (broad SMARTS) is 1. The Bertz CT molecular complexity index is 603. The van der Waals surface area contributed by atoms with Crippen molar-refractivity contribution in [3.05, 3.63) is 48.3 Å². The first kappa shape index (κ1) is 13.7. The number of pyridine rings is 1. The third-order valence-electron chi connectivity index (χ3n) is 2.35. The molecule has 5 nitrogen and oxygen atoms in total. The molecular weight excluding hydrogens is 270 g/mol. The number of anilines is 2. The van der Waals surface area contributed by atoms with Gasteiger partial charge >= 0.3 is 12.6 Å². The van der Waals surface area contributed by atoms with Gasteiger partial charge in [0.25, 0.3) is 0 Å². The molecule has 0 atom stereocenters. The molecule has 0 aliphatic carbocycles. The number of ether oxygens (including phenoxy) is 1. The van der Waals surface area contributed by atoms with E-state index in [9.17, 15) is 13.6 Å². The van der Waals surface area contributed by atoms with Gasteiger partial charge in [0.05, 0.1) is 0 Å². The van der Waals surface area contributed by atoms with Crippen LogP contribution in [0, 0.1) is 0 Å². The maximum atomic E-state index is 12.0. The Balaban J connectivity index is 2.10. The van der Waals surface area contributed by atoms with Crippen LogP contribution in [0.25, 0.3) is 0 Å². The number of nitrogens with zero attached hydrogens (tertiary/aromatic N) is 1. The van der Waals surface area contributed by atoms with Crippen molar-refractivity contribution in [3.63, 3.8) is 0 Å². The van der Waals surface area contributed by atoms with Gasteiger partial charge in [-0.25, -0.2) is 9.78 Å². The monoisotopic (exact) mass is 280 g/mol. The van der Waals surface area contributed by atoms with Crippen molar-refractivity contribution in [3.8, 4) is 5.75 Å². The van der Waals surface area contributed by atoms with Gasteiger partial charge in [0.1, 0.15) is 11.4 Å². The van der Waals surface area contributed by atoms with Crippen LogP contribution in [-0.2, 0) is 0 Å². The molecule has 104 valence electrons. The summed E-state index contributed by atoms with van der Waals surface area (Å²) in [4.78, 5) is 14.5. The lowest BCUT2D eigenvalue weighted by molar-refractivity contribution is -0.0498. The molecule has 7 heteroatoms. The van der Waals surface area contributed by atoms with Crippen LogP contribution in [0.15, 0.2) is 42.6 Å². The summed E-state index contributed by atoms with van der Waals surface area (Å²) in [6.45, 7) is -2.87. The van der Waals surface area contributed by atoms with E-state index in [4.69, 9.17) is 5.11 Å². The fourth-order valence-corrected chi connectivity index (χ4v) is 1.51. The highest BCUT2D eigenvalue weighted by Gasteiger charge is 2.06. The predicted molar refractivity (Wildman–Crippen MR) is 67.6 cm³/mol. The summed E-state index contributed by atoms with van der Waals surface area (Å²) in [7, 11) is 0. The first-order valence-electron chi connectivity index (χ1n) is 5.56. The molecule has 2 N–H and O–H groups in total. The lowest BCUT2D eigenvalue weighted by Crippen LogP contribution is -2.02. The zero-order chi connectivity index (χ0) is 14.5. The van der Waals surface area contributed by atoms with Crippen molar-refractivity contribution in [1.29, 1.82) is 0 Å². The second-order valence-corrected chi connectivity index (χ2v) is 3.76. The summed E-state index contributed by atoms with van der Waals surface area (Å²) >= 11 is 0. The first-order chi connectivity index (χ1) is 9.54. The van der Waals surface area contributed by atoms with Gasteiger partial charge in [-0.3, -0.25) is 0 Å². The highest BCUT2D eigenvalue weighted by Crippen LogP contribution is 2.21. The molecule has 0 bridgehead atoms. The number of benzene rings is 1. The van der Waals surface area contributed by atoms with E-state index in [-0.39, 0.29) is 11.4 Å². The second-order valence-electron chi connectivity index (χ2n) is 3.76. The van der Waals surface area contributed by atoms with Gasteiger partial charge < -0.3 is 15.2 Å². The number of hydrogen-bond donors (Lipinski definition) is 2. The quantitative estimate of drug-likeness (QED) is 0.880. The van der Waals surface area contributed by atoms with Crippen LogP contribution in [0.5, 0.6) is 5.75 Å². The number of alkyl halides is 2. The molecule has 0 saturated heterocycles. The van der Waals surface area contributed by atoms with E-state index in [1.807, 2.05) is 0 Å². The van der Waals surface area contributed by atoms with E-state index in [1.165, 1.54) is 24.4 Å². The summed E-state index contributed by atoms with van der Waals surface area (Å²) in [5.74, 6) is -1.08. The third kappa shape index (κ3) is 3.64. The second kappa shape index (κ2) is 5.96. The van der Waals surface area contributed by atoms with Crippen LogP contribution in [0.1, 0.15) is 10.5 Å². The molecule has 1 heterocycles. The van der Waals surface area contributed by atoms with Crippen LogP contribution in [0.3, 0.4) is 0 Å². The van der Waals surface area contributed by atoms with Crippen molar-refractivity contribution in [1.82, 2.24) is 4.98 Å². The molecule has 20 heavy (non-hydrogen) atoms. The van der Waals surface area contributed by atoms with Gasteiger partial charge in [0, 0.05) is 17.6 Å². The van der Waals surface area contributed by atoms with Crippen molar-refractivity contribution < 1.29 is 23.4 Å². The van der Waals surface area contributed by atoms with E-state index in [1.54, 1.807) is 18.2 Å². The number of rotatable bonds is 5. The predicted octanol–water partition coefficient (Wildman–Crippen LogP) is 3.12. The molecule has 2 aromatic rings. The van der Waals surface area contributed by atoms with E-state index in [0.717, 1.165) is 0 Å². The van der Waals surface area contributed by atoms with Crippen molar-refractivity contribution >= 4 is 17.3 Å². The molecule has 1 aromatic carbocycles. The van der Waals surface area contributed by atoms with E-state index >= 15 is 0 Å². The number of carboxylic acids is 1. The minimum atomic E-state index is -2.87. The Morgan fingerprint density at radius 3 is 2.50 bits per heavy atom. The maximum Gasteiger partial charge on any atom is 0.387 e. The fraction of sp³-hybridized carbons (Fsp3) is 0.0769. The highest BCUT2D eigenvalue weighted by atomic mass is 19.3. The van der Waals surface area contributed by atoms with Crippen molar-refractivity contribution in [2.45, 2.75) is 6.61 Å². The molecule has 1 aromatic heterocycles. The Morgan fingerprint density at radius 2 is 1.90 bits per heavy atom. The van der Waals surface area contributed by atoms with Crippen molar-refractivity contribution in [2.75, 3.05) is 5.32 Å². The minimum Gasteiger partial charge on any atom is -0.477 e. The number of carbonyl (C=O) groups is 1. The maximum absolute atomic E-state index is 12.0. The van der Waals surface area contributed by atoms with Crippen molar-refractivity contribution in [2.24, 2.45) is 0 Å². The Labute approximate surface area is 112 Å². The summed E-state index contributed by atoms with van der Waals surface area (Å²) in [5, 5.41) is 11.8. The standard InChI is InChI=1S/C13H10F2N2O3/c14-13(15)20-10-3-1-8(2-4-10)17-9-5-6-16-11(7-9)12(18)19/h1-7,13H,(H,16,17)(H,18,19). The molecule has 0 unspecified atom stereocenters. The van der Waals surface area contributed by atoms with E-state index in [0.29, 0.717) is 11.4 Å². The van der Waals surface area contributed by atoms with Gasteiger partial charge in [0.15, 0.2) is 0 Å². The SMILES string of the molecule is O=C(O)c1cc(Nc2ccc(OC(F)F)cc2)ccn1. The van der Waals surface area contributed by atoms with Crippen LogP contribution in [0.2, 0.25) is 0 Å². The third-order valence-corrected chi connectivity index (χ3v) is 2.35. The van der Waals surface area contributed by atoms with Gasteiger partial charge in [-0.05, 0) is 36.4 Å². The number of aromatic nitrogens is 1. The molecule has 0 aliphatic rings. The zero-order valence-electron chi connectivity index (χ0n) is 10.1. The average Bonchev–Trinajstić information content (AvgIpc) is 2.41. The lowest BCUT2D eigenvalue weighted by atomic mass is 10.2. The van der Waals surface area contributed by atoms with Gasteiger partial charge in [-0.2, -0.15) is 8.78 Å². The van der Waals surface area contributed by atoms with E-state index in [2.05, 4.69) is 15.0 Å². The van der Waals surface area contributed by atoms with Gasteiger partial charge in [0.2, 0.25) is 0 Å². The molecule has 0 aliphatic heterocycles. The Hall–Kier alpha value is -2.70. The van der Waals surface area contributed by atoms with Crippen LogP contribution in [0.4, 0.5) is 20.2 Å². The van der Waals surface area contributed by atoms with Crippen LogP contribution in [-0.4, -0.2) is 22.7 Å². The lowest BCUT2D eigenvalue weighted by Gasteiger charge is -2.08. The summed E-state index contributed by atoms with van der Waals surface area (Å²) in [5.41, 5.74) is 1.04. The smallest absolute Gasteiger partial charge is 0.387 e. The zero-order valence-corrected chi connectivity index (χ0v) is 10.1. The normalized spacial score (nSPS) is 10.3. The first-order valence-corrected chi connectivity index (χ1v) is 5.56. The molecule has 0 spiro atoms. The molecule has 2 rings (SSSR count). The number of hydrogen-bond acceptors (Lipinski definition) is 4. The van der Waals surface area contributed by atoms with Gasteiger partial charge in [-0.15, -0.1) is 0 Å². The summed E-state index contributed by atoms with van der Waals surface area (Å²) in [6, 6.07) is 8.81. The summed E-state index contributed by atoms with van der Waals surface area (Å²) in [6.07, 6.45) is 1.36. The summed E-state index contributed by atoms with van der Waals surface area (Å²) < 4.78 is 28.2. The van der Waals surface area contributed by atoms with Crippen LogP contribution >= 0.6 is 0 Å². The average molecular weight is 280 g/mol. The molecule has 0 saturated carbocycles. The molecule has 0 radical (unpaired) electrons. The largest absolute Gasteiger partial charge is 0.477 e. The topological polar surface area (TPSA) is 71.5 Å². The minimum absolute atomic E-state index is 0.0477. The van der Waals surface area contributed by atoms with E-state index < -0.39 is 12.6 Å². The number of halogens is 2. The van der Waals surface area contributed by atoms with Gasteiger partial charge in [-0.1, -0.05) is 0 Å². The highest BCUT2D eigenvalue weighted by molar-refractivity contribution is 5.86. The molecule has 0 amide bonds. The number of nitrogens with one attached hydrogen (secondary N) is 1.